The fourth-order valence-electron chi connectivity index (χ4n) is 2.56. The van der Waals surface area contributed by atoms with Crippen LogP contribution in [0.4, 0.5) is 4.79 Å². The van der Waals surface area contributed by atoms with Crippen molar-refractivity contribution in [3.05, 3.63) is 11.6 Å². The lowest BCUT2D eigenvalue weighted by Crippen LogP contribution is -2.42. The maximum absolute atomic E-state index is 12.1. The average Bonchev–Trinajstić information content (AvgIpc) is 2.80. The third-order valence-corrected chi connectivity index (χ3v) is 3.58. The molecular formula is C18H33NO4. The molecule has 5 nitrogen and oxygen atoms in total. The fraction of sp³-hybridized carbons (Fsp3) is 0.833. The Morgan fingerprint density at radius 2 is 1.96 bits per heavy atom. The maximum Gasteiger partial charge on any atom is 0.408 e. The number of rotatable bonds is 5. The Hall–Kier alpha value is -1.07. The molecule has 0 aromatic rings. The smallest absolute Gasteiger partial charge is 0.408 e. The lowest BCUT2D eigenvalue weighted by molar-refractivity contribution is -0.0116. The molecule has 0 saturated heterocycles. The molecule has 0 unspecified atom stereocenters. The molecule has 0 bridgehead atoms. The fourth-order valence-corrected chi connectivity index (χ4v) is 2.56. The van der Waals surface area contributed by atoms with Gasteiger partial charge in [-0.3, -0.25) is 0 Å². The molecule has 5 heteroatoms. The second kappa shape index (κ2) is 8.15. The van der Waals surface area contributed by atoms with Gasteiger partial charge in [0.2, 0.25) is 0 Å². The number of nitrogens with one attached hydrogen (secondary N) is 1. The molecule has 1 aliphatic carbocycles. The summed E-state index contributed by atoms with van der Waals surface area (Å²) in [6, 6.07) is -0.258. The molecule has 1 rings (SSSR count). The first-order chi connectivity index (χ1) is 10.5. The Morgan fingerprint density at radius 3 is 2.48 bits per heavy atom. The third-order valence-electron chi connectivity index (χ3n) is 3.58. The van der Waals surface area contributed by atoms with Gasteiger partial charge in [-0.2, -0.15) is 0 Å². The number of alkyl carbamates (subject to hydrolysis) is 1. The summed E-state index contributed by atoms with van der Waals surface area (Å²) in [5.74, 6) is 0.201. The van der Waals surface area contributed by atoms with Gasteiger partial charge in [0, 0.05) is 12.5 Å². The number of ether oxygens (including phenoxy) is 2. The highest BCUT2D eigenvalue weighted by Crippen LogP contribution is 2.31. The second-order valence-electron chi connectivity index (χ2n) is 8.19. The van der Waals surface area contributed by atoms with Crippen molar-refractivity contribution in [3.63, 3.8) is 0 Å². The van der Waals surface area contributed by atoms with Gasteiger partial charge in [-0.05, 0) is 60.8 Å². The van der Waals surface area contributed by atoms with E-state index in [4.69, 9.17) is 9.47 Å². The van der Waals surface area contributed by atoms with Crippen molar-refractivity contribution < 1.29 is 19.4 Å². The minimum Gasteiger partial charge on any atom is -0.444 e. The molecule has 2 atom stereocenters. The van der Waals surface area contributed by atoms with Gasteiger partial charge in [0.25, 0.3) is 0 Å². The molecule has 0 aromatic heterocycles. The predicted octanol–water partition coefficient (Wildman–Crippen LogP) is 3.41. The molecule has 0 aromatic carbocycles. The van der Waals surface area contributed by atoms with E-state index in [1.165, 1.54) is 5.57 Å². The quantitative estimate of drug-likeness (QED) is 0.759. The van der Waals surface area contributed by atoms with E-state index in [1.807, 2.05) is 47.6 Å². The van der Waals surface area contributed by atoms with Crippen molar-refractivity contribution in [2.75, 3.05) is 13.2 Å². The molecule has 0 spiro atoms. The van der Waals surface area contributed by atoms with Crippen LogP contribution in [0.3, 0.4) is 0 Å². The Morgan fingerprint density at radius 1 is 1.30 bits per heavy atom. The number of hydrogen-bond acceptors (Lipinski definition) is 4. The normalized spacial score (nSPS) is 22.2. The SMILES string of the molecule is CC(C)(C)OC[C@@H](/C=C1\CCC[C@@H]1CO)NC(=O)OC(C)(C)C. The minimum absolute atomic E-state index is 0.158. The van der Waals surface area contributed by atoms with Crippen molar-refractivity contribution >= 4 is 6.09 Å². The van der Waals surface area contributed by atoms with Crippen molar-refractivity contribution in [1.82, 2.24) is 5.32 Å². The molecule has 1 fully saturated rings. The summed E-state index contributed by atoms with van der Waals surface area (Å²) in [5, 5.41) is 12.3. The van der Waals surface area contributed by atoms with E-state index in [1.54, 1.807) is 0 Å². The van der Waals surface area contributed by atoms with Gasteiger partial charge in [-0.1, -0.05) is 11.6 Å². The number of carbonyl (C=O) groups is 1. The van der Waals surface area contributed by atoms with Gasteiger partial charge >= 0.3 is 6.09 Å². The number of aliphatic hydroxyl groups is 1. The lowest BCUT2D eigenvalue weighted by atomic mass is 10.0. The second-order valence-corrected chi connectivity index (χ2v) is 8.19. The molecule has 0 radical (unpaired) electrons. The van der Waals surface area contributed by atoms with Gasteiger partial charge in [0.1, 0.15) is 5.60 Å². The van der Waals surface area contributed by atoms with E-state index in [0.29, 0.717) is 6.61 Å². The zero-order chi connectivity index (χ0) is 17.7. The highest BCUT2D eigenvalue weighted by Gasteiger charge is 2.24. The van der Waals surface area contributed by atoms with Gasteiger partial charge in [-0.15, -0.1) is 0 Å². The zero-order valence-electron chi connectivity index (χ0n) is 15.4. The molecule has 1 saturated carbocycles. The summed E-state index contributed by atoms with van der Waals surface area (Å²) in [6.07, 6.45) is 4.63. The van der Waals surface area contributed by atoms with Crippen LogP contribution >= 0.6 is 0 Å². The molecule has 134 valence electrons. The van der Waals surface area contributed by atoms with Crippen LogP contribution in [-0.2, 0) is 9.47 Å². The van der Waals surface area contributed by atoms with Crippen LogP contribution in [0.15, 0.2) is 11.6 Å². The highest BCUT2D eigenvalue weighted by molar-refractivity contribution is 5.68. The summed E-state index contributed by atoms with van der Waals surface area (Å²) in [5.41, 5.74) is 0.387. The molecule has 0 aliphatic heterocycles. The topological polar surface area (TPSA) is 67.8 Å². The summed E-state index contributed by atoms with van der Waals surface area (Å²) in [6.45, 7) is 12.0. The number of aliphatic hydroxyl groups excluding tert-OH is 1. The van der Waals surface area contributed by atoms with Crippen LogP contribution in [-0.4, -0.2) is 41.7 Å². The number of carbonyl (C=O) groups excluding carboxylic acids is 1. The molecule has 23 heavy (non-hydrogen) atoms. The Labute approximate surface area is 140 Å². The van der Waals surface area contributed by atoms with Crippen molar-refractivity contribution in [1.29, 1.82) is 0 Å². The molecule has 0 heterocycles. The molecular weight excluding hydrogens is 294 g/mol. The highest BCUT2D eigenvalue weighted by atomic mass is 16.6. The van der Waals surface area contributed by atoms with E-state index >= 15 is 0 Å². The Balaban J connectivity index is 2.76. The first kappa shape index (κ1) is 20.0. The molecule has 2 N–H and O–H groups in total. The standard InChI is InChI=1S/C18H33NO4/c1-17(2,3)22-12-15(19-16(21)23-18(4,5)6)10-13-8-7-9-14(13)11-20/h10,14-15,20H,7-9,11-12H2,1-6H3,(H,19,21)/b13-10+/t14-,15-/m1/s1. The van der Waals surface area contributed by atoms with E-state index in [9.17, 15) is 9.90 Å². The van der Waals surface area contributed by atoms with Crippen LogP contribution < -0.4 is 5.32 Å². The summed E-state index contributed by atoms with van der Waals surface area (Å²) in [4.78, 5) is 12.1. The zero-order valence-corrected chi connectivity index (χ0v) is 15.4. The van der Waals surface area contributed by atoms with E-state index in [0.717, 1.165) is 19.3 Å². The van der Waals surface area contributed by atoms with Crippen molar-refractivity contribution in [2.45, 2.75) is 78.0 Å². The number of amides is 1. The van der Waals surface area contributed by atoms with Gasteiger partial charge in [0.05, 0.1) is 18.2 Å². The van der Waals surface area contributed by atoms with Crippen LogP contribution in [0.1, 0.15) is 60.8 Å². The third kappa shape index (κ3) is 8.37. The molecule has 1 aliphatic rings. The Kier molecular flexibility index (Phi) is 7.08. The van der Waals surface area contributed by atoms with E-state index in [-0.39, 0.29) is 24.2 Å². The first-order valence-electron chi connectivity index (χ1n) is 8.45. The van der Waals surface area contributed by atoms with E-state index in [2.05, 4.69) is 5.32 Å². The maximum atomic E-state index is 12.1. The summed E-state index contributed by atoms with van der Waals surface area (Å²) < 4.78 is 11.2. The van der Waals surface area contributed by atoms with E-state index < -0.39 is 11.7 Å². The predicted molar refractivity (Wildman–Crippen MR) is 91.4 cm³/mol. The lowest BCUT2D eigenvalue weighted by Gasteiger charge is -2.26. The van der Waals surface area contributed by atoms with Crippen LogP contribution in [0.25, 0.3) is 0 Å². The monoisotopic (exact) mass is 327 g/mol. The average molecular weight is 327 g/mol. The molecule has 1 amide bonds. The van der Waals surface area contributed by atoms with Crippen LogP contribution in [0, 0.1) is 5.92 Å². The summed E-state index contributed by atoms with van der Waals surface area (Å²) in [7, 11) is 0. The van der Waals surface area contributed by atoms with Crippen molar-refractivity contribution in [2.24, 2.45) is 5.92 Å². The van der Waals surface area contributed by atoms with Crippen LogP contribution in [0.5, 0.6) is 0 Å². The summed E-state index contributed by atoms with van der Waals surface area (Å²) >= 11 is 0. The van der Waals surface area contributed by atoms with Crippen LogP contribution in [0.2, 0.25) is 0 Å². The first-order valence-corrected chi connectivity index (χ1v) is 8.45. The number of hydrogen-bond donors (Lipinski definition) is 2. The largest absolute Gasteiger partial charge is 0.444 e. The van der Waals surface area contributed by atoms with Crippen molar-refractivity contribution in [3.8, 4) is 0 Å². The van der Waals surface area contributed by atoms with Gasteiger partial charge < -0.3 is 19.9 Å². The Bertz CT molecular complexity index is 418. The van der Waals surface area contributed by atoms with Gasteiger partial charge in [-0.25, -0.2) is 4.79 Å². The minimum atomic E-state index is -0.534. The van der Waals surface area contributed by atoms with Gasteiger partial charge in [0.15, 0.2) is 0 Å².